The molecule has 0 spiro atoms. The van der Waals surface area contributed by atoms with Crippen LogP contribution >= 0.6 is 0 Å². The summed E-state index contributed by atoms with van der Waals surface area (Å²) in [6.07, 6.45) is -0.732. The van der Waals surface area contributed by atoms with Gasteiger partial charge in [-0.1, -0.05) is 0 Å². The Kier molecular flexibility index (Phi) is 4.51. The second-order valence-corrected chi connectivity index (χ2v) is 3.65. The minimum Gasteiger partial charge on any atom is -0.481 e. The average molecular weight is 272 g/mol. The summed E-state index contributed by atoms with van der Waals surface area (Å²) in [6.45, 7) is 0. The largest absolute Gasteiger partial charge is 0.481 e. The van der Waals surface area contributed by atoms with Crippen LogP contribution in [0.3, 0.4) is 0 Å². The van der Waals surface area contributed by atoms with Crippen molar-refractivity contribution < 1.29 is 28.3 Å². The zero-order valence-electron chi connectivity index (χ0n) is 9.52. The monoisotopic (exact) mass is 272 g/mol. The van der Waals surface area contributed by atoms with Gasteiger partial charge < -0.3 is 16.2 Å². The Morgan fingerprint density at radius 2 is 1.95 bits per heavy atom. The Labute approximate surface area is 106 Å². The number of amides is 2. The van der Waals surface area contributed by atoms with Gasteiger partial charge in [-0.2, -0.15) is 0 Å². The van der Waals surface area contributed by atoms with Crippen LogP contribution < -0.4 is 11.1 Å². The molecule has 0 aromatic heterocycles. The number of carboxylic acids is 1. The Bertz CT molecular complexity index is 533. The van der Waals surface area contributed by atoms with Crippen LogP contribution in [-0.4, -0.2) is 28.9 Å². The average Bonchev–Trinajstić information content (AvgIpc) is 2.26. The van der Waals surface area contributed by atoms with Crippen molar-refractivity contribution in [2.45, 2.75) is 12.5 Å². The maximum absolute atomic E-state index is 13.3. The van der Waals surface area contributed by atoms with Gasteiger partial charge >= 0.3 is 5.97 Å². The molecule has 0 saturated carbocycles. The fourth-order valence-corrected chi connectivity index (χ4v) is 1.31. The molecule has 19 heavy (non-hydrogen) atoms. The van der Waals surface area contributed by atoms with Crippen LogP contribution in [0.4, 0.5) is 8.78 Å². The molecule has 1 rings (SSSR count). The summed E-state index contributed by atoms with van der Waals surface area (Å²) in [7, 11) is 0. The lowest BCUT2D eigenvalue weighted by molar-refractivity contribution is -0.139. The highest BCUT2D eigenvalue weighted by molar-refractivity contribution is 5.98. The summed E-state index contributed by atoms with van der Waals surface area (Å²) in [5.74, 6) is -5.48. The lowest BCUT2D eigenvalue weighted by atomic mass is 10.1. The van der Waals surface area contributed by atoms with Crippen LogP contribution in [0.2, 0.25) is 0 Å². The molecule has 1 aromatic rings. The van der Waals surface area contributed by atoms with Crippen molar-refractivity contribution in [2.75, 3.05) is 0 Å². The maximum Gasteiger partial charge on any atom is 0.305 e. The van der Waals surface area contributed by atoms with Gasteiger partial charge in [-0.25, -0.2) is 8.78 Å². The van der Waals surface area contributed by atoms with E-state index in [1.165, 1.54) is 0 Å². The Hall–Kier alpha value is -2.51. The van der Waals surface area contributed by atoms with E-state index in [2.05, 4.69) is 0 Å². The third-order valence-corrected chi connectivity index (χ3v) is 2.20. The molecule has 2 amide bonds. The third kappa shape index (κ3) is 4.02. The van der Waals surface area contributed by atoms with Crippen molar-refractivity contribution >= 4 is 17.8 Å². The van der Waals surface area contributed by atoms with E-state index in [1.807, 2.05) is 5.32 Å². The van der Waals surface area contributed by atoms with Crippen molar-refractivity contribution in [2.24, 2.45) is 5.73 Å². The molecule has 102 valence electrons. The van der Waals surface area contributed by atoms with Crippen molar-refractivity contribution in [1.82, 2.24) is 5.32 Å². The van der Waals surface area contributed by atoms with E-state index in [1.54, 1.807) is 0 Å². The zero-order valence-corrected chi connectivity index (χ0v) is 9.52. The molecule has 0 heterocycles. The number of hydrogen-bond acceptors (Lipinski definition) is 3. The first-order valence-corrected chi connectivity index (χ1v) is 5.08. The molecule has 0 aliphatic rings. The van der Waals surface area contributed by atoms with Crippen LogP contribution in [0.15, 0.2) is 18.2 Å². The van der Waals surface area contributed by atoms with Crippen molar-refractivity contribution in [3.05, 3.63) is 35.4 Å². The molecule has 0 fully saturated rings. The van der Waals surface area contributed by atoms with Crippen LogP contribution in [-0.2, 0) is 9.59 Å². The van der Waals surface area contributed by atoms with Crippen LogP contribution in [0.5, 0.6) is 0 Å². The molecule has 0 unspecified atom stereocenters. The molecular weight excluding hydrogens is 262 g/mol. The number of benzene rings is 1. The molecular formula is C11H10F2N2O4. The highest BCUT2D eigenvalue weighted by atomic mass is 19.1. The molecule has 0 radical (unpaired) electrons. The van der Waals surface area contributed by atoms with E-state index in [0.717, 1.165) is 12.1 Å². The van der Waals surface area contributed by atoms with Crippen LogP contribution in [0.25, 0.3) is 0 Å². The van der Waals surface area contributed by atoms with E-state index < -0.39 is 47.4 Å². The first kappa shape index (κ1) is 14.6. The molecule has 1 atom stereocenters. The predicted octanol–water partition coefficient (Wildman–Crippen LogP) is 0.0232. The number of aliphatic carboxylic acids is 1. The minimum absolute atomic E-state index is 0.491. The number of nitrogens with one attached hydrogen (secondary N) is 1. The summed E-state index contributed by atoms with van der Waals surface area (Å²) < 4.78 is 25.9. The van der Waals surface area contributed by atoms with Gasteiger partial charge in [0.25, 0.3) is 5.91 Å². The molecule has 0 bridgehead atoms. The van der Waals surface area contributed by atoms with Gasteiger partial charge in [0.15, 0.2) is 0 Å². The number of carbonyl (C=O) groups is 3. The normalized spacial score (nSPS) is 11.7. The standard InChI is InChI=1S/C11H10F2N2O4/c12-5-1-2-6(7(13)3-5)11(19)15-8(10(14)18)4-9(16)17/h1-3,8H,4H2,(H2,14,18)(H,15,19)(H,16,17)/t8-/m0/s1. The summed E-state index contributed by atoms with van der Waals surface area (Å²) >= 11 is 0. The zero-order chi connectivity index (χ0) is 14.6. The SMILES string of the molecule is NC(=O)[C@H](CC(=O)O)NC(=O)c1ccc(F)cc1F. The highest BCUT2D eigenvalue weighted by Crippen LogP contribution is 2.09. The summed E-state index contributed by atoms with van der Waals surface area (Å²) in [5, 5.41) is 10.5. The first-order chi connectivity index (χ1) is 8.81. The second-order valence-electron chi connectivity index (χ2n) is 3.65. The van der Waals surface area contributed by atoms with Gasteiger partial charge in [0.05, 0.1) is 12.0 Å². The number of halogens is 2. The van der Waals surface area contributed by atoms with E-state index in [0.29, 0.717) is 6.07 Å². The number of rotatable bonds is 5. The fourth-order valence-electron chi connectivity index (χ4n) is 1.31. The molecule has 0 saturated heterocycles. The lowest BCUT2D eigenvalue weighted by Crippen LogP contribution is -2.45. The van der Waals surface area contributed by atoms with E-state index in [-0.39, 0.29) is 0 Å². The Morgan fingerprint density at radius 3 is 2.42 bits per heavy atom. The summed E-state index contributed by atoms with van der Waals surface area (Å²) in [5.41, 5.74) is 4.39. The van der Waals surface area contributed by atoms with Crippen LogP contribution in [0.1, 0.15) is 16.8 Å². The maximum atomic E-state index is 13.3. The highest BCUT2D eigenvalue weighted by Gasteiger charge is 2.23. The van der Waals surface area contributed by atoms with Crippen molar-refractivity contribution in [3.63, 3.8) is 0 Å². The minimum atomic E-state index is -1.48. The topological polar surface area (TPSA) is 109 Å². The Morgan fingerprint density at radius 1 is 1.32 bits per heavy atom. The predicted molar refractivity (Wildman–Crippen MR) is 59.1 cm³/mol. The molecule has 0 aliphatic carbocycles. The van der Waals surface area contributed by atoms with E-state index >= 15 is 0 Å². The quantitative estimate of drug-likeness (QED) is 0.702. The molecule has 6 nitrogen and oxygen atoms in total. The Balaban J connectivity index is 2.87. The number of carbonyl (C=O) groups excluding carboxylic acids is 2. The number of primary amides is 1. The number of nitrogens with two attached hydrogens (primary N) is 1. The number of carboxylic acid groups (broad SMARTS) is 1. The molecule has 0 aliphatic heterocycles. The van der Waals surface area contributed by atoms with Crippen LogP contribution in [0, 0.1) is 11.6 Å². The van der Waals surface area contributed by atoms with Gasteiger partial charge in [0.2, 0.25) is 5.91 Å². The molecule has 8 heteroatoms. The summed E-state index contributed by atoms with van der Waals surface area (Å²) in [4.78, 5) is 33.0. The summed E-state index contributed by atoms with van der Waals surface area (Å²) in [6, 6.07) is 0.744. The third-order valence-electron chi connectivity index (χ3n) is 2.20. The van der Waals surface area contributed by atoms with Gasteiger partial charge in [-0.15, -0.1) is 0 Å². The smallest absolute Gasteiger partial charge is 0.305 e. The van der Waals surface area contributed by atoms with E-state index in [9.17, 15) is 23.2 Å². The van der Waals surface area contributed by atoms with Gasteiger partial charge in [-0.3, -0.25) is 14.4 Å². The fraction of sp³-hybridized carbons (Fsp3) is 0.182. The number of hydrogen-bond donors (Lipinski definition) is 3. The van der Waals surface area contributed by atoms with Gasteiger partial charge in [0, 0.05) is 6.07 Å². The van der Waals surface area contributed by atoms with Gasteiger partial charge in [-0.05, 0) is 12.1 Å². The van der Waals surface area contributed by atoms with Crippen molar-refractivity contribution in [1.29, 1.82) is 0 Å². The lowest BCUT2D eigenvalue weighted by Gasteiger charge is -2.13. The second kappa shape index (κ2) is 5.89. The molecule has 1 aromatic carbocycles. The molecule has 4 N–H and O–H groups in total. The van der Waals surface area contributed by atoms with E-state index in [4.69, 9.17) is 10.8 Å². The first-order valence-electron chi connectivity index (χ1n) is 5.08. The van der Waals surface area contributed by atoms with Crippen molar-refractivity contribution in [3.8, 4) is 0 Å². The van der Waals surface area contributed by atoms with Gasteiger partial charge in [0.1, 0.15) is 17.7 Å².